The third-order valence-corrected chi connectivity index (χ3v) is 3.86. The molecule has 0 aliphatic carbocycles. The Kier molecular flexibility index (Phi) is 3.16. The van der Waals surface area contributed by atoms with E-state index in [4.69, 9.17) is 5.73 Å². The molecule has 3 N–H and O–H groups in total. The van der Waals surface area contributed by atoms with Gasteiger partial charge in [0.05, 0.1) is 6.54 Å². The van der Waals surface area contributed by atoms with Crippen LogP contribution in [-0.4, -0.2) is 29.1 Å². The zero-order chi connectivity index (χ0) is 16.7. The summed E-state index contributed by atoms with van der Waals surface area (Å²) in [6, 6.07) is 9.70. The summed E-state index contributed by atoms with van der Waals surface area (Å²) in [6.45, 7) is 0.399. The molecule has 3 aromatic heterocycles. The summed E-state index contributed by atoms with van der Waals surface area (Å²) in [7, 11) is 1.85. The summed E-state index contributed by atoms with van der Waals surface area (Å²) in [5.74, 6) is 1.19. The highest BCUT2D eigenvalue weighted by Crippen LogP contribution is 2.20. The third-order valence-electron chi connectivity index (χ3n) is 3.86. The van der Waals surface area contributed by atoms with Crippen LogP contribution < -0.4 is 11.4 Å². The molecule has 24 heavy (non-hydrogen) atoms. The molecular weight excluding hydrogens is 306 g/mol. The van der Waals surface area contributed by atoms with E-state index in [1.165, 1.54) is 0 Å². The molecule has 0 aliphatic heterocycles. The quantitative estimate of drug-likeness (QED) is 0.588. The van der Waals surface area contributed by atoms with E-state index in [0.29, 0.717) is 29.4 Å². The second-order valence-corrected chi connectivity index (χ2v) is 5.49. The number of anilines is 1. The minimum atomic E-state index is -0.271. The molecule has 0 saturated heterocycles. The first-order chi connectivity index (χ1) is 11.6. The monoisotopic (exact) mass is 321 g/mol. The molecule has 0 fully saturated rings. The molecular formula is C16H15N7O. The number of aromatic nitrogens is 6. The highest BCUT2D eigenvalue weighted by Gasteiger charge is 2.16. The number of fused-ring (bicyclic) bond motifs is 1. The summed E-state index contributed by atoms with van der Waals surface area (Å²) in [6.07, 6.45) is 3.46. The Labute approximate surface area is 136 Å². The van der Waals surface area contributed by atoms with Crippen molar-refractivity contribution < 1.29 is 0 Å². The van der Waals surface area contributed by atoms with Crippen LogP contribution in [0.5, 0.6) is 0 Å². The fourth-order valence-corrected chi connectivity index (χ4v) is 2.65. The van der Waals surface area contributed by atoms with Crippen molar-refractivity contribution in [3.05, 3.63) is 58.8 Å². The zero-order valence-electron chi connectivity index (χ0n) is 13.0. The summed E-state index contributed by atoms with van der Waals surface area (Å²) < 4.78 is 3.35. The van der Waals surface area contributed by atoms with Crippen molar-refractivity contribution >= 4 is 17.0 Å². The largest absolute Gasteiger partial charge is 0.382 e. The van der Waals surface area contributed by atoms with Crippen molar-refractivity contribution in [2.45, 2.75) is 6.54 Å². The molecule has 0 spiro atoms. The number of aryl methyl sites for hydroxylation is 1. The van der Waals surface area contributed by atoms with Crippen LogP contribution in [0.4, 0.5) is 5.82 Å². The first kappa shape index (κ1) is 14.2. The van der Waals surface area contributed by atoms with Crippen LogP contribution in [0, 0.1) is 0 Å². The van der Waals surface area contributed by atoms with E-state index in [9.17, 15) is 4.79 Å². The molecule has 1 aromatic carbocycles. The van der Waals surface area contributed by atoms with Crippen LogP contribution in [0.2, 0.25) is 0 Å². The molecule has 8 nitrogen and oxygen atoms in total. The number of imidazole rings is 2. The Bertz CT molecular complexity index is 1070. The highest BCUT2D eigenvalue weighted by atomic mass is 16.1. The number of aromatic amines is 1. The van der Waals surface area contributed by atoms with Gasteiger partial charge < -0.3 is 15.3 Å². The zero-order valence-corrected chi connectivity index (χ0v) is 13.0. The number of H-pyrrole nitrogens is 1. The van der Waals surface area contributed by atoms with Gasteiger partial charge in [-0.1, -0.05) is 30.3 Å². The molecule has 8 heteroatoms. The van der Waals surface area contributed by atoms with E-state index >= 15 is 0 Å². The lowest BCUT2D eigenvalue weighted by Crippen LogP contribution is -2.17. The van der Waals surface area contributed by atoms with Gasteiger partial charge in [0.15, 0.2) is 23.1 Å². The van der Waals surface area contributed by atoms with Gasteiger partial charge in [-0.05, 0) is 5.56 Å². The van der Waals surface area contributed by atoms with Crippen LogP contribution in [-0.2, 0) is 13.6 Å². The number of nitrogens with two attached hydrogens (primary N) is 1. The predicted molar refractivity (Wildman–Crippen MR) is 90.3 cm³/mol. The molecule has 0 unspecified atom stereocenters. The van der Waals surface area contributed by atoms with E-state index in [2.05, 4.69) is 19.9 Å². The molecule has 0 atom stereocenters. The van der Waals surface area contributed by atoms with Gasteiger partial charge >= 0.3 is 5.69 Å². The van der Waals surface area contributed by atoms with Gasteiger partial charge in [0.2, 0.25) is 0 Å². The number of benzene rings is 1. The van der Waals surface area contributed by atoms with Crippen LogP contribution in [0.1, 0.15) is 5.56 Å². The number of nitrogens with zero attached hydrogens (tertiary/aromatic N) is 5. The van der Waals surface area contributed by atoms with E-state index in [1.54, 1.807) is 21.5 Å². The fraction of sp³-hybridized carbons (Fsp3) is 0.125. The first-order valence-electron chi connectivity index (χ1n) is 7.41. The van der Waals surface area contributed by atoms with Gasteiger partial charge in [-0.25, -0.2) is 19.7 Å². The van der Waals surface area contributed by atoms with Crippen molar-refractivity contribution in [3.8, 4) is 11.6 Å². The normalized spacial score (nSPS) is 11.2. The lowest BCUT2D eigenvalue weighted by Gasteiger charge is -2.06. The summed E-state index contributed by atoms with van der Waals surface area (Å²) in [4.78, 5) is 28.1. The number of hydrogen-bond donors (Lipinski definition) is 2. The maximum absolute atomic E-state index is 12.3. The topological polar surface area (TPSA) is 107 Å². The number of hydrogen-bond acceptors (Lipinski definition) is 5. The summed E-state index contributed by atoms with van der Waals surface area (Å²) in [5, 5.41) is 0. The minimum Gasteiger partial charge on any atom is -0.382 e. The van der Waals surface area contributed by atoms with Crippen molar-refractivity contribution in [1.82, 2.24) is 29.1 Å². The molecule has 120 valence electrons. The second kappa shape index (κ2) is 5.34. The van der Waals surface area contributed by atoms with Gasteiger partial charge in [0, 0.05) is 19.4 Å². The maximum atomic E-state index is 12.3. The van der Waals surface area contributed by atoms with E-state index in [0.717, 1.165) is 5.56 Å². The van der Waals surface area contributed by atoms with Gasteiger partial charge in [0.25, 0.3) is 0 Å². The predicted octanol–water partition coefficient (Wildman–Crippen LogP) is 1.15. The Morgan fingerprint density at radius 3 is 2.71 bits per heavy atom. The van der Waals surface area contributed by atoms with Gasteiger partial charge in [-0.15, -0.1) is 0 Å². The van der Waals surface area contributed by atoms with Crippen molar-refractivity contribution in [2.24, 2.45) is 7.05 Å². The molecule has 3 heterocycles. The van der Waals surface area contributed by atoms with Gasteiger partial charge in [-0.2, -0.15) is 0 Å². The molecule has 0 saturated carbocycles. The van der Waals surface area contributed by atoms with Crippen LogP contribution >= 0.6 is 0 Å². The average molecular weight is 321 g/mol. The molecule has 0 bridgehead atoms. The fourth-order valence-electron chi connectivity index (χ4n) is 2.65. The molecule has 4 rings (SSSR count). The maximum Gasteiger partial charge on any atom is 0.328 e. The first-order valence-corrected chi connectivity index (χ1v) is 7.41. The second-order valence-electron chi connectivity index (χ2n) is 5.49. The number of nitrogens with one attached hydrogen (secondary N) is 1. The van der Waals surface area contributed by atoms with Crippen LogP contribution in [0.25, 0.3) is 22.8 Å². The number of nitrogen functional groups attached to an aromatic ring is 1. The van der Waals surface area contributed by atoms with E-state index < -0.39 is 0 Å². The molecule has 0 aliphatic rings. The summed E-state index contributed by atoms with van der Waals surface area (Å²) in [5.41, 5.74) is 7.65. The molecule has 0 amide bonds. The van der Waals surface area contributed by atoms with E-state index in [-0.39, 0.29) is 11.5 Å². The van der Waals surface area contributed by atoms with Crippen LogP contribution in [0.15, 0.2) is 47.5 Å². The van der Waals surface area contributed by atoms with Gasteiger partial charge in [0.1, 0.15) is 5.52 Å². The number of rotatable bonds is 3. The Hall–Kier alpha value is -3.42. The minimum absolute atomic E-state index is 0.224. The Morgan fingerprint density at radius 2 is 2.00 bits per heavy atom. The van der Waals surface area contributed by atoms with Gasteiger partial charge in [-0.3, -0.25) is 4.57 Å². The average Bonchev–Trinajstić information content (AvgIpc) is 3.13. The highest BCUT2D eigenvalue weighted by molar-refractivity contribution is 5.83. The van der Waals surface area contributed by atoms with Crippen molar-refractivity contribution in [3.63, 3.8) is 0 Å². The molecule has 4 aromatic rings. The lowest BCUT2D eigenvalue weighted by molar-refractivity contribution is 0.777. The van der Waals surface area contributed by atoms with E-state index in [1.807, 2.05) is 37.4 Å². The lowest BCUT2D eigenvalue weighted by atomic mass is 10.2. The third kappa shape index (κ3) is 2.24. The van der Waals surface area contributed by atoms with Crippen LogP contribution in [0.3, 0.4) is 0 Å². The summed E-state index contributed by atoms with van der Waals surface area (Å²) >= 11 is 0. The van der Waals surface area contributed by atoms with Crippen molar-refractivity contribution in [2.75, 3.05) is 5.73 Å². The Morgan fingerprint density at radius 1 is 1.21 bits per heavy atom. The Balaban J connectivity index is 1.91. The van der Waals surface area contributed by atoms with Crippen molar-refractivity contribution in [1.29, 1.82) is 0 Å². The SMILES string of the molecule is Cn1ccnc1-c1nc(N)c2[nH]c(=O)n(Cc3ccccc3)c2n1. The molecule has 0 radical (unpaired) electrons. The standard InChI is InChI=1S/C16H15N7O/c1-22-8-7-18-15(22)13-20-12(17)11-14(21-13)23(16(24)19-11)9-10-5-3-2-4-6-10/h2-8H,9H2,1H3,(H,19,24)(H2,17,20,21). The smallest absolute Gasteiger partial charge is 0.328 e.